The predicted octanol–water partition coefficient (Wildman–Crippen LogP) is 0.913. The quantitative estimate of drug-likeness (QED) is 0.874. The molecule has 2 heterocycles. The average molecular weight is 334 g/mol. The zero-order valence-electron chi connectivity index (χ0n) is 13.2. The van der Waals surface area contributed by atoms with E-state index in [1.807, 2.05) is 30.3 Å². The second kappa shape index (κ2) is 5.98. The fraction of sp³-hybridized carbons (Fsp3) is 0.375. The van der Waals surface area contributed by atoms with Gasteiger partial charge >= 0.3 is 0 Å². The van der Waals surface area contributed by atoms with E-state index >= 15 is 0 Å². The second-order valence-corrected chi connectivity index (χ2v) is 8.09. The van der Waals surface area contributed by atoms with Gasteiger partial charge in [-0.2, -0.15) is 0 Å². The van der Waals surface area contributed by atoms with Crippen molar-refractivity contribution in [1.82, 2.24) is 15.2 Å². The van der Waals surface area contributed by atoms with Gasteiger partial charge < -0.3 is 15.2 Å². The van der Waals surface area contributed by atoms with Crippen LogP contribution in [0.25, 0.3) is 10.9 Å². The van der Waals surface area contributed by atoms with Crippen molar-refractivity contribution in [3.8, 4) is 0 Å². The lowest BCUT2D eigenvalue weighted by Crippen LogP contribution is -2.57. The van der Waals surface area contributed by atoms with Gasteiger partial charge in [-0.25, -0.2) is 8.42 Å². The van der Waals surface area contributed by atoms with Gasteiger partial charge in [0.1, 0.15) is 11.3 Å². The first-order chi connectivity index (χ1) is 10.9. The molecule has 1 radical (unpaired) electrons. The number of benzene rings is 1. The van der Waals surface area contributed by atoms with Crippen LogP contribution in [0.1, 0.15) is 12.6 Å². The number of para-hydroxylation sites is 1. The number of carbonyl (C=O) groups is 1. The summed E-state index contributed by atoms with van der Waals surface area (Å²) >= 11 is 0. The topological polar surface area (TPSA) is 82.3 Å². The molecule has 6 nitrogen and oxygen atoms in total. The lowest BCUT2D eigenvalue weighted by atomic mass is 10.1. The van der Waals surface area contributed by atoms with E-state index in [1.54, 1.807) is 6.92 Å². The molecule has 1 amide bonds. The Bertz CT molecular complexity index is 795. The van der Waals surface area contributed by atoms with Gasteiger partial charge in [0.05, 0.1) is 0 Å². The van der Waals surface area contributed by atoms with Crippen molar-refractivity contribution >= 4 is 26.6 Å². The standard InChI is InChI=1S/C16H20N3O3S/c1-11(14-9-12-5-3-4-6-13(12)18-14)16(20)19-8-7-17-10-15(19)23(2,21)22/h3-6,9,15,17-18H,7-8,10H2,1-2H3. The minimum absolute atomic E-state index is 0.242. The minimum atomic E-state index is -3.34. The fourth-order valence-electron chi connectivity index (χ4n) is 2.90. The van der Waals surface area contributed by atoms with Gasteiger partial charge in [-0.3, -0.25) is 4.79 Å². The molecular weight excluding hydrogens is 314 g/mol. The molecule has 2 N–H and O–H groups in total. The largest absolute Gasteiger partial charge is 0.357 e. The summed E-state index contributed by atoms with van der Waals surface area (Å²) in [7, 11) is -3.34. The highest BCUT2D eigenvalue weighted by Crippen LogP contribution is 2.24. The number of amides is 1. The monoisotopic (exact) mass is 334 g/mol. The Kier molecular flexibility index (Phi) is 4.16. The molecule has 1 aromatic heterocycles. The van der Waals surface area contributed by atoms with Gasteiger partial charge in [-0.05, 0) is 24.4 Å². The Hall–Kier alpha value is -1.86. The number of sulfone groups is 1. The number of fused-ring (bicyclic) bond motifs is 1. The number of H-pyrrole nitrogens is 1. The first-order valence-electron chi connectivity index (χ1n) is 7.50. The van der Waals surface area contributed by atoms with Crippen LogP contribution in [0.5, 0.6) is 0 Å². The summed E-state index contributed by atoms with van der Waals surface area (Å²) in [5.74, 6) is 0.283. The van der Waals surface area contributed by atoms with Crippen LogP contribution in [0.4, 0.5) is 0 Å². The van der Waals surface area contributed by atoms with Crippen molar-refractivity contribution < 1.29 is 13.2 Å². The molecule has 1 aliphatic rings. The van der Waals surface area contributed by atoms with Crippen molar-refractivity contribution in [3.63, 3.8) is 0 Å². The zero-order chi connectivity index (χ0) is 16.6. The highest BCUT2D eigenvalue weighted by Gasteiger charge is 2.36. The Labute approximate surface area is 135 Å². The van der Waals surface area contributed by atoms with Crippen LogP contribution < -0.4 is 5.32 Å². The lowest BCUT2D eigenvalue weighted by molar-refractivity contribution is -0.130. The molecule has 23 heavy (non-hydrogen) atoms. The molecule has 1 aromatic carbocycles. The van der Waals surface area contributed by atoms with Crippen molar-refractivity contribution in [3.05, 3.63) is 41.9 Å². The number of hydrogen-bond donors (Lipinski definition) is 2. The maximum atomic E-state index is 12.8. The van der Waals surface area contributed by atoms with Crippen LogP contribution in [-0.2, 0) is 14.6 Å². The van der Waals surface area contributed by atoms with Crippen LogP contribution in [-0.4, -0.2) is 55.5 Å². The normalized spacial score (nSPS) is 19.4. The molecule has 1 saturated heterocycles. The SMILES string of the molecule is C[C](C(=O)N1CCNCC1S(C)(=O)=O)c1cc2ccccc2[nH]1. The minimum Gasteiger partial charge on any atom is -0.357 e. The number of carbonyl (C=O) groups excluding carboxylic acids is 1. The maximum Gasteiger partial charge on any atom is 0.237 e. The van der Waals surface area contributed by atoms with Crippen LogP contribution in [0.2, 0.25) is 0 Å². The smallest absolute Gasteiger partial charge is 0.237 e. The third-order valence-electron chi connectivity index (χ3n) is 4.21. The molecule has 1 unspecified atom stereocenters. The second-order valence-electron chi connectivity index (χ2n) is 5.88. The molecule has 1 atom stereocenters. The van der Waals surface area contributed by atoms with Gasteiger partial charge in [0, 0.05) is 37.1 Å². The van der Waals surface area contributed by atoms with Crippen molar-refractivity contribution in [2.45, 2.75) is 12.3 Å². The third kappa shape index (κ3) is 3.11. The first kappa shape index (κ1) is 16.0. The summed E-state index contributed by atoms with van der Waals surface area (Å²) in [4.78, 5) is 17.5. The predicted molar refractivity (Wildman–Crippen MR) is 89.5 cm³/mol. The number of hydrogen-bond acceptors (Lipinski definition) is 4. The van der Waals surface area contributed by atoms with E-state index in [4.69, 9.17) is 0 Å². The van der Waals surface area contributed by atoms with Gasteiger partial charge in [0.2, 0.25) is 5.91 Å². The van der Waals surface area contributed by atoms with Crippen molar-refractivity contribution in [2.24, 2.45) is 0 Å². The summed E-state index contributed by atoms with van der Waals surface area (Å²) in [6.07, 6.45) is 1.17. The Balaban J connectivity index is 1.88. The highest BCUT2D eigenvalue weighted by atomic mass is 32.2. The van der Waals surface area contributed by atoms with E-state index in [-0.39, 0.29) is 12.5 Å². The molecule has 3 rings (SSSR count). The first-order valence-corrected chi connectivity index (χ1v) is 9.45. The van der Waals surface area contributed by atoms with E-state index < -0.39 is 15.2 Å². The third-order valence-corrected chi connectivity index (χ3v) is 5.62. The van der Waals surface area contributed by atoms with Crippen LogP contribution >= 0.6 is 0 Å². The van der Waals surface area contributed by atoms with E-state index in [1.165, 1.54) is 11.2 Å². The molecule has 0 bridgehead atoms. The van der Waals surface area contributed by atoms with Crippen molar-refractivity contribution in [1.29, 1.82) is 0 Å². The van der Waals surface area contributed by atoms with E-state index in [9.17, 15) is 13.2 Å². The summed E-state index contributed by atoms with van der Waals surface area (Å²) < 4.78 is 23.9. The van der Waals surface area contributed by atoms with Gasteiger partial charge in [-0.1, -0.05) is 18.2 Å². The molecule has 7 heteroatoms. The Morgan fingerprint density at radius 2 is 2.04 bits per heavy atom. The molecule has 1 fully saturated rings. The summed E-state index contributed by atoms with van der Waals surface area (Å²) in [6, 6.07) is 9.70. The van der Waals surface area contributed by atoms with Crippen molar-refractivity contribution in [2.75, 3.05) is 25.9 Å². The number of aromatic amines is 1. The molecule has 0 aliphatic carbocycles. The molecule has 0 saturated carbocycles. The Morgan fingerprint density at radius 3 is 2.74 bits per heavy atom. The Morgan fingerprint density at radius 1 is 1.30 bits per heavy atom. The van der Waals surface area contributed by atoms with E-state index in [2.05, 4.69) is 10.3 Å². The molecular formula is C16H20N3O3S. The van der Waals surface area contributed by atoms with Crippen LogP contribution in [0.3, 0.4) is 0 Å². The summed E-state index contributed by atoms with van der Waals surface area (Å²) in [5.41, 5.74) is 1.68. The number of nitrogens with zero attached hydrogens (tertiary/aromatic N) is 1. The number of piperazine rings is 1. The number of aromatic nitrogens is 1. The van der Waals surface area contributed by atoms with Crippen LogP contribution in [0.15, 0.2) is 30.3 Å². The number of nitrogens with one attached hydrogen (secondary N) is 2. The lowest BCUT2D eigenvalue weighted by Gasteiger charge is -2.36. The molecule has 0 spiro atoms. The van der Waals surface area contributed by atoms with Crippen LogP contribution in [0, 0.1) is 5.92 Å². The molecule has 1 aliphatic heterocycles. The molecule has 123 valence electrons. The maximum absolute atomic E-state index is 12.8. The average Bonchev–Trinajstić information content (AvgIpc) is 2.96. The number of rotatable bonds is 3. The van der Waals surface area contributed by atoms with E-state index in [0.717, 1.165) is 16.6 Å². The highest BCUT2D eigenvalue weighted by molar-refractivity contribution is 7.91. The summed E-state index contributed by atoms with van der Waals surface area (Å²) in [6.45, 7) is 2.98. The van der Waals surface area contributed by atoms with Gasteiger partial charge in [-0.15, -0.1) is 0 Å². The van der Waals surface area contributed by atoms with E-state index in [0.29, 0.717) is 19.0 Å². The summed E-state index contributed by atoms with van der Waals surface area (Å²) in [5, 5.41) is 3.24. The van der Waals surface area contributed by atoms with Gasteiger partial charge in [0.15, 0.2) is 9.84 Å². The molecule has 2 aromatic rings. The zero-order valence-corrected chi connectivity index (χ0v) is 14.0. The van der Waals surface area contributed by atoms with Gasteiger partial charge in [0.25, 0.3) is 0 Å². The fourth-order valence-corrected chi connectivity index (χ4v) is 3.98.